The molecule has 6 heteroatoms. The monoisotopic (exact) mass is 373 g/mol. The molecule has 144 valence electrons. The molecular formula is C21H24FNO4. The van der Waals surface area contributed by atoms with Crippen LogP contribution in [0.3, 0.4) is 0 Å². The summed E-state index contributed by atoms with van der Waals surface area (Å²) in [5.74, 6) is 0.761. The number of carbonyl (C=O) groups is 1. The maximum Gasteiger partial charge on any atom is 0.343 e. The zero-order valence-corrected chi connectivity index (χ0v) is 15.8. The number of aryl methyl sites for hydroxylation is 2. The molecule has 1 atom stereocenters. The molecule has 1 N–H and O–H groups in total. The lowest BCUT2D eigenvalue weighted by Gasteiger charge is -2.27. The van der Waals surface area contributed by atoms with Crippen molar-refractivity contribution in [3.05, 3.63) is 58.4 Å². The van der Waals surface area contributed by atoms with Crippen molar-refractivity contribution < 1.29 is 23.4 Å². The van der Waals surface area contributed by atoms with Crippen LogP contribution in [0.4, 0.5) is 4.39 Å². The summed E-state index contributed by atoms with van der Waals surface area (Å²) in [5, 5.41) is 3.49. The van der Waals surface area contributed by atoms with Gasteiger partial charge in [-0.05, 0) is 48.7 Å². The number of fused-ring (bicyclic) bond motifs is 1. The highest BCUT2D eigenvalue weighted by Crippen LogP contribution is 2.33. The van der Waals surface area contributed by atoms with Gasteiger partial charge in [-0.3, -0.25) is 0 Å². The van der Waals surface area contributed by atoms with Gasteiger partial charge in [0.1, 0.15) is 17.3 Å². The molecule has 1 heterocycles. The predicted molar refractivity (Wildman–Crippen MR) is 99.5 cm³/mol. The molecule has 0 bridgehead atoms. The standard InChI is InChI=1S/C21H24FNO4/c1-13-8-15(9-14(2)21(13)27-12-20(24)25-3)11-23-18-6-7-26-19-5-4-16(22)10-17(18)19/h4-5,8-10,18,23H,6-7,11-12H2,1-3H3. The van der Waals surface area contributed by atoms with Crippen LogP contribution in [-0.4, -0.2) is 26.3 Å². The van der Waals surface area contributed by atoms with Gasteiger partial charge in [-0.25, -0.2) is 9.18 Å². The lowest BCUT2D eigenvalue weighted by molar-refractivity contribution is -0.142. The van der Waals surface area contributed by atoms with Crippen LogP contribution in [0.5, 0.6) is 11.5 Å². The van der Waals surface area contributed by atoms with Crippen molar-refractivity contribution in [1.29, 1.82) is 0 Å². The smallest absolute Gasteiger partial charge is 0.343 e. The van der Waals surface area contributed by atoms with Gasteiger partial charge < -0.3 is 19.5 Å². The summed E-state index contributed by atoms with van der Waals surface area (Å²) in [6, 6.07) is 8.73. The van der Waals surface area contributed by atoms with Gasteiger partial charge in [0.15, 0.2) is 6.61 Å². The van der Waals surface area contributed by atoms with E-state index in [1.54, 1.807) is 6.07 Å². The van der Waals surface area contributed by atoms with Gasteiger partial charge >= 0.3 is 5.97 Å². The minimum absolute atomic E-state index is 0.0420. The molecule has 2 aromatic rings. The first-order chi connectivity index (χ1) is 13.0. The predicted octanol–water partition coefficient (Wildman–Crippen LogP) is 3.61. The summed E-state index contributed by atoms with van der Waals surface area (Å²) in [5.41, 5.74) is 3.86. The van der Waals surface area contributed by atoms with Gasteiger partial charge in [0.2, 0.25) is 0 Å². The fourth-order valence-electron chi connectivity index (χ4n) is 3.38. The molecule has 0 saturated heterocycles. The van der Waals surface area contributed by atoms with Gasteiger partial charge in [0.05, 0.1) is 13.7 Å². The Bertz CT molecular complexity index is 814. The highest BCUT2D eigenvalue weighted by molar-refractivity contribution is 5.71. The van der Waals surface area contributed by atoms with E-state index in [0.717, 1.165) is 34.4 Å². The molecule has 2 aromatic carbocycles. The van der Waals surface area contributed by atoms with Crippen molar-refractivity contribution in [2.24, 2.45) is 0 Å². The SMILES string of the molecule is COC(=O)COc1c(C)cc(CNC2CCOc3ccc(F)cc32)cc1C. The quantitative estimate of drug-likeness (QED) is 0.784. The Balaban J connectivity index is 1.69. The van der Waals surface area contributed by atoms with E-state index < -0.39 is 5.97 Å². The van der Waals surface area contributed by atoms with Gasteiger partial charge in [-0.15, -0.1) is 0 Å². The molecule has 0 amide bonds. The van der Waals surface area contributed by atoms with Crippen LogP contribution in [0.15, 0.2) is 30.3 Å². The molecule has 3 rings (SSSR count). The van der Waals surface area contributed by atoms with Gasteiger partial charge in [-0.1, -0.05) is 12.1 Å². The summed E-state index contributed by atoms with van der Waals surface area (Å²) >= 11 is 0. The number of hydrogen-bond donors (Lipinski definition) is 1. The van der Waals surface area contributed by atoms with Gasteiger partial charge in [-0.2, -0.15) is 0 Å². The number of rotatable bonds is 6. The normalized spacial score (nSPS) is 15.6. The van der Waals surface area contributed by atoms with Gasteiger partial charge in [0.25, 0.3) is 0 Å². The van der Waals surface area contributed by atoms with Crippen LogP contribution in [0.2, 0.25) is 0 Å². The second kappa shape index (κ2) is 8.39. The van der Waals surface area contributed by atoms with E-state index in [9.17, 15) is 9.18 Å². The molecule has 0 spiro atoms. The Morgan fingerprint density at radius 1 is 1.26 bits per heavy atom. The molecule has 0 aliphatic carbocycles. The van der Waals surface area contributed by atoms with Crippen molar-refractivity contribution in [3.8, 4) is 11.5 Å². The summed E-state index contributed by atoms with van der Waals surface area (Å²) in [6.07, 6.45) is 0.786. The molecule has 1 unspecified atom stereocenters. The Hall–Kier alpha value is -2.60. The number of carbonyl (C=O) groups excluding carboxylic acids is 1. The van der Waals surface area contributed by atoms with Crippen molar-refractivity contribution >= 4 is 5.97 Å². The number of esters is 1. The molecule has 0 saturated carbocycles. The third kappa shape index (κ3) is 4.57. The molecule has 0 fully saturated rings. The van der Waals surface area contributed by atoms with Crippen molar-refractivity contribution in [3.63, 3.8) is 0 Å². The zero-order valence-electron chi connectivity index (χ0n) is 15.8. The molecule has 5 nitrogen and oxygen atoms in total. The molecule has 0 aromatic heterocycles. The van der Waals surface area contributed by atoms with Crippen LogP contribution in [0.25, 0.3) is 0 Å². The summed E-state index contributed by atoms with van der Waals surface area (Å²) < 4.78 is 29.4. The van der Waals surface area contributed by atoms with E-state index in [4.69, 9.17) is 9.47 Å². The summed E-state index contributed by atoms with van der Waals surface area (Å²) in [6.45, 7) is 5.03. The minimum atomic E-state index is -0.412. The number of nitrogens with one attached hydrogen (secondary N) is 1. The van der Waals surface area contributed by atoms with Gasteiger partial charge in [0, 0.05) is 24.6 Å². The summed E-state index contributed by atoms with van der Waals surface area (Å²) in [4.78, 5) is 11.3. The van der Waals surface area contributed by atoms with Crippen LogP contribution in [-0.2, 0) is 16.1 Å². The lowest BCUT2D eigenvalue weighted by Crippen LogP contribution is -2.27. The third-order valence-electron chi connectivity index (χ3n) is 4.65. The van der Waals surface area contributed by atoms with Crippen molar-refractivity contribution in [1.82, 2.24) is 5.32 Å². The average molecular weight is 373 g/mol. The van der Waals surface area contributed by atoms with E-state index in [1.807, 2.05) is 26.0 Å². The lowest BCUT2D eigenvalue weighted by atomic mass is 9.99. The number of methoxy groups -OCH3 is 1. The highest BCUT2D eigenvalue weighted by Gasteiger charge is 2.21. The topological polar surface area (TPSA) is 56.8 Å². The molecule has 0 radical (unpaired) electrons. The fourth-order valence-corrected chi connectivity index (χ4v) is 3.38. The number of benzene rings is 2. The van der Waals surface area contributed by atoms with E-state index in [1.165, 1.54) is 19.2 Å². The molecular weight excluding hydrogens is 349 g/mol. The maximum absolute atomic E-state index is 13.6. The Morgan fingerprint density at radius 3 is 2.70 bits per heavy atom. The first-order valence-corrected chi connectivity index (χ1v) is 8.93. The minimum Gasteiger partial charge on any atom is -0.493 e. The highest BCUT2D eigenvalue weighted by atomic mass is 19.1. The fraction of sp³-hybridized carbons (Fsp3) is 0.381. The first kappa shape index (κ1) is 19.2. The number of hydrogen-bond acceptors (Lipinski definition) is 5. The second-order valence-electron chi connectivity index (χ2n) is 6.68. The Kier molecular flexibility index (Phi) is 5.96. The van der Waals surface area contributed by atoms with Crippen LogP contribution >= 0.6 is 0 Å². The van der Waals surface area contributed by atoms with Crippen molar-refractivity contribution in [2.45, 2.75) is 32.9 Å². The average Bonchev–Trinajstić information content (AvgIpc) is 2.65. The number of ether oxygens (including phenoxy) is 3. The first-order valence-electron chi connectivity index (χ1n) is 8.93. The van der Waals surface area contributed by atoms with E-state index in [2.05, 4.69) is 10.1 Å². The number of halogens is 1. The van der Waals surface area contributed by atoms with E-state index >= 15 is 0 Å². The zero-order chi connectivity index (χ0) is 19.4. The van der Waals surface area contributed by atoms with Crippen LogP contribution in [0.1, 0.15) is 34.7 Å². The largest absolute Gasteiger partial charge is 0.493 e. The molecule has 1 aliphatic heterocycles. The summed E-state index contributed by atoms with van der Waals surface area (Å²) in [7, 11) is 1.33. The third-order valence-corrected chi connectivity index (χ3v) is 4.65. The molecule has 1 aliphatic rings. The second-order valence-corrected chi connectivity index (χ2v) is 6.68. The molecule has 27 heavy (non-hydrogen) atoms. The van der Waals surface area contributed by atoms with E-state index in [0.29, 0.717) is 18.9 Å². The Labute approximate surface area is 158 Å². The van der Waals surface area contributed by atoms with Crippen LogP contribution < -0.4 is 14.8 Å². The Morgan fingerprint density at radius 2 is 2.00 bits per heavy atom. The van der Waals surface area contributed by atoms with Crippen LogP contribution in [0, 0.1) is 19.7 Å². The maximum atomic E-state index is 13.6. The van der Waals surface area contributed by atoms with Crippen molar-refractivity contribution in [2.75, 3.05) is 20.3 Å². The van der Waals surface area contributed by atoms with E-state index in [-0.39, 0.29) is 18.5 Å².